The van der Waals surface area contributed by atoms with Gasteiger partial charge in [-0.2, -0.15) is 5.26 Å². The van der Waals surface area contributed by atoms with E-state index in [2.05, 4.69) is 0 Å². The number of likely N-dealkylation sites (N-methyl/N-ethyl adjacent to an activating group) is 1. The first-order valence-corrected chi connectivity index (χ1v) is 9.27. The van der Waals surface area contributed by atoms with Crippen LogP contribution in [0.2, 0.25) is 0 Å². The Kier molecular flexibility index (Phi) is 5.93. The number of anilines is 1. The molecular formula is C22H18FN3O4. The molecule has 7 nitrogen and oxygen atoms in total. The Balaban J connectivity index is 1.99. The molecule has 0 unspecified atom stereocenters. The van der Waals surface area contributed by atoms with Gasteiger partial charge in [-0.1, -0.05) is 0 Å². The topological polar surface area (TPSA) is 90.7 Å². The Morgan fingerprint density at radius 3 is 2.17 bits per heavy atom. The van der Waals surface area contributed by atoms with Gasteiger partial charge in [-0.3, -0.25) is 9.59 Å². The maximum absolute atomic E-state index is 13.3. The van der Waals surface area contributed by atoms with Crippen molar-refractivity contribution >= 4 is 23.5 Å². The number of benzene rings is 2. The summed E-state index contributed by atoms with van der Waals surface area (Å²) in [5.74, 6) is -3.20. The van der Waals surface area contributed by atoms with Crippen molar-refractivity contribution in [1.82, 2.24) is 4.90 Å². The number of hydrogen-bond acceptors (Lipinski definition) is 6. The number of rotatable bonds is 6. The van der Waals surface area contributed by atoms with Gasteiger partial charge in [-0.15, -0.1) is 0 Å². The SMILES string of the molecule is CCN(CC)C1=C(OC(=O)c2ccc(C#N)cc2)C(=O)N(c2ccc(F)cc2)C1=O. The second kappa shape index (κ2) is 8.57. The molecule has 2 aromatic rings. The number of nitrogens with zero attached hydrogens (tertiary/aromatic N) is 3. The Bertz CT molecular complexity index is 1070. The monoisotopic (exact) mass is 407 g/mol. The highest BCUT2D eigenvalue weighted by molar-refractivity contribution is 6.32. The molecule has 30 heavy (non-hydrogen) atoms. The molecule has 152 valence electrons. The molecule has 0 N–H and O–H groups in total. The number of esters is 1. The number of carbonyl (C=O) groups excluding carboxylic acids is 3. The van der Waals surface area contributed by atoms with Crippen molar-refractivity contribution in [2.75, 3.05) is 18.0 Å². The molecule has 1 aliphatic rings. The van der Waals surface area contributed by atoms with Crippen LogP contribution in [0.4, 0.5) is 10.1 Å². The zero-order valence-electron chi connectivity index (χ0n) is 16.4. The van der Waals surface area contributed by atoms with Gasteiger partial charge < -0.3 is 9.64 Å². The number of hydrogen-bond donors (Lipinski definition) is 0. The average Bonchev–Trinajstić information content (AvgIpc) is 3.00. The Morgan fingerprint density at radius 1 is 1.03 bits per heavy atom. The molecular weight excluding hydrogens is 389 g/mol. The molecule has 0 radical (unpaired) electrons. The van der Waals surface area contributed by atoms with Crippen molar-refractivity contribution < 1.29 is 23.5 Å². The van der Waals surface area contributed by atoms with Gasteiger partial charge in [-0.25, -0.2) is 14.1 Å². The van der Waals surface area contributed by atoms with E-state index >= 15 is 0 Å². The van der Waals surface area contributed by atoms with E-state index in [0.29, 0.717) is 18.7 Å². The molecule has 0 atom stereocenters. The fraction of sp³-hybridized carbons (Fsp3) is 0.182. The summed E-state index contributed by atoms with van der Waals surface area (Å²) in [7, 11) is 0. The summed E-state index contributed by atoms with van der Waals surface area (Å²) in [4.78, 5) is 41.1. The Hall–Kier alpha value is -3.99. The van der Waals surface area contributed by atoms with Crippen molar-refractivity contribution in [3.8, 4) is 6.07 Å². The summed E-state index contributed by atoms with van der Waals surface area (Å²) in [6.45, 7) is 4.41. The lowest BCUT2D eigenvalue weighted by Gasteiger charge is -2.22. The first-order valence-electron chi connectivity index (χ1n) is 9.27. The van der Waals surface area contributed by atoms with E-state index in [-0.39, 0.29) is 22.7 Å². The van der Waals surface area contributed by atoms with Crippen LogP contribution in [0.25, 0.3) is 0 Å². The lowest BCUT2D eigenvalue weighted by atomic mass is 10.1. The number of imide groups is 1. The predicted molar refractivity (Wildman–Crippen MR) is 105 cm³/mol. The molecule has 2 aromatic carbocycles. The summed E-state index contributed by atoms with van der Waals surface area (Å²) in [5, 5.41) is 8.88. The molecule has 3 rings (SSSR count). The molecule has 0 saturated heterocycles. The van der Waals surface area contributed by atoms with Crippen LogP contribution in [0, 0.1) is 17.1 Å². The van der Waals surface area contributed by atoms with Gasteiger partial charge in [0.1, 0.15) is 5.82 Å². The van der Waals surface area contributed by atoms with Crippen molar-refractivity contribution in [3.05, 3.63) is 76.9 Å². The second-order valence-electron chi connectivity index (χ2n) is 6.35. The molecule has 1 aliphatic heterocycles. The van der Waals surface area contributed by atoms with Crippen LogP contribution >= 0.6 is 0 Å². The molecule has 8 heteroatoms. The van der Waals surface area contributed by atoms with Crippen LogP contribution in [-0.2, 0) is 14.3 Å². The number of halogens is 1. The van der Waals surface area contributed by atoms with E-state index in [1.165, 1.54) is 36.4 Å². The third-order valence-electron chi connectivity index (χ3n) is 4.63. The molecule has 1 heterocycles. The lowest BCUT2D eigenvalue weighted by molar-refractivity contribution is -0.122. The molecule has 0 aromatic heterocycles. The maximum Gasteiger partial charge on any atom is 0.343 e. The van der Waals surface area contributed by atoms with E-state index in [0.717, 1.165) is 17.0 Å². The van der Waals surface area contributed by atoms with Crippen LogP contribution < -0.4 is 4.90 Å². The van der Waals surface area contributed by atoms with Gasteiger partial charge in [0.05, 0.1) is 22.9 Å². The first kappa shape index (κ1) is 20.7. The van der Waals surface area contributed by atoms with Crippen LogP contribution in [0.1, 0.15) is 29.8 Å². The highest BCUT2D eigenvalue weighted by Gasteiger charge is 2.44. The first-order chi connectivity index (χ1) is 14.4. The zero-order chi connectivity index (χ0) is 21.8. The largest absolute Gasteiger partial charge is 0.414 e. The van der Waals surface area contributed by atoms with E-state index in [9.17, 15) is 18.8 Å². The van der Waals surface area contributed by atoms with E-state index < -0.39 is 23.6 Å². The lowest BCUT2D eigenvalue weighted by Crippen LogP contribution is -2.35. The normalized spacial score (nSPS) is 13.5. The van der Waals surface area contributed by atoms with Gasteiger partial charge >= 0.3 is 11.9 Å². The number of carbonyl (C=O) groups is 3. The summed E-state index contributed by atoms with van der Waals surface area (Å²) in [6, 6.07) is 12.5. The molecule has 0 spiro atoms. The van der Waals surface area contributed by atoms with Crippen LogP contribution in [0.15, 0.2) is 60.0 Å². The maximum atomic E-state index is 13.3. The van der Waals surface area contributed by atoms with Gasteiger partial charge in [-0.05, 0) is 62.4 Å². The highest BCUT2D eigenvalue weighted by atomic mass is 19.1. The molecule has 0 aliphatic carbocycles. The minimum absolute atomic E-state index is 0.0312. The van der Waals surface area contributed by atoms with Crippen LogP contribution in [0.3, 0.4) is 0 Å². The van der Waals surface area contributed by atoms with Gasteiger partial charge in [0, 0.05) is 13.1 Å². The molecule has 0 bridgehead atoms. The Morgan fingerprint density at radius 2 is 1.63 bits per heavy atom. The minimum atomic E-state index is -0.832. The standard InChI is InChI=1S/C22H18FN3O4/c1-3-25(4-2)18-19(30-22(29)15-7-5-14(13-24)6-8-15)21(28)26(20(18)27)17-11-9-16(23)10-12-17/h5-12H,3-4H2,1-2H3. The summed E-state index contributed by atoms with van der Waals surface area (Å²) < 4.78 is 18.6. The second-order valence-corrected chi connectivity index (χ2v) is 6.35. The molecule has 2 amide bonds. The highest BCUT2D eigenvalue weighted by Crippen LogP contribution is 2.30. The van der Waals surface area contributed by atoms with Crippen LogP contribution in [0.5, 0.6) is 0 Å². The smallest absolute Gasteiger partial charge is 0.343 e. The fourth-order valence-electron chi connectivity index (χ4n) is 3.07. The average molecular weight is 407 g/mol. The fourth-order valence-corrected chi connectivity index (χ4v) is 3.07. The Labute approximate surface area is 172 Å². The quantitative estimate of drug-likeness (QED) is 0.540. The number of ether oxygens (including phenoxy) is 1. The zero-order valence-corrected chi connectivity index (χ0v) is 16.4. The molecule has 0 fully saturated rings. The predicted octanol–water partition coefficient (Wildman–Crippen LogP) is 2.98. The van der Waals surface area contributed by atoms with E-state index in [1.54, 1.807) is 18.7 Å². The van der Waals surface area contributed by atoms with Crippen molar-refractivity contribution in [1.29, 1.82) is 5.26 Å². The van der Waals surface area contributed by atoms with E-state index in [4.69, 9.17) is 10.00 Å². The number of amides is 2. The minimum Gasteiger partial charge on any atom is -0.414 e. The summed E-state index contributed by atoms with van der Waals surface area (Å²) >= 11 is 0. The van der Waals surface area contributed by atoms with Crippen molar-refractivity contribution in [2.24, 2.45) is 0 Å². The summed E-state index contributed by atoms with van der Waals surface area (Å²) in [5.41, 5.74) is 0.627. The third-order valence-corrected chi connectivity index (χ3v) is 4.63. The van der Waals surface area contributed by atoms with Crippen LogP contribution in [-0.4, -0.2) is 35.8 Å². The number of nitriles is 1. The van der Waals surface area contributed by atoms with Gasteiger partial charge in [0.2, 0.25) is 5.76 Å². The van der Waals surface area contributed by atoms with Crippen molar-refractivity contribution in [3.63, 3.8) is 0 Å². The third kappa shape index (κ3) is 3.78. The summed E-state index contributed by atoms with van der Waals surface area (Å²) in [6.07, 6.45) is 0. The van der Waals surface area contributed by atoms with Gasteiger partial charge in [0.25, 0.3) is 5.91 Å². The van der Waals surface area contributed by atoms with Gasteiger partial charge in [0.15, 0.2) is 5.70 Å². The van der Waals surface area contributed by atoms with Crippen molar-refractivity contribution in [2.45, 2.75) is 13.8 Å². The molecule has 0 saturated carbocycles. The van der Waals surface area contributed by atoms with E-state index in [1.807, 2.05) is 6.07 Å².